The Hall–Kier alpha value is -2.63. The molecule has 0 aliphatic heterocycles. The van der Waals surface area contributed by atoms with E-state index in [9.17, 15) is 14.4 Å². The Kier molecular flexibility index (Phi) is 6.13. The maximum absolute atomic E-state index is 11.6. The molecule has 1 rings (SSSR count). The molecule has 0 spiro atoms. The maximum Gasteiger partial charge on any atom is 0.328 e. The van der Waals surface area contributed by atoms with E-state index in [0.717, 1.165) is 17.2 Å². The number of carbonyl (C=O) groups excluding carboxylic acids is 2. The zero-order chi connectivity index (χ0) is 15.8. The van der Waals surface area contributed by atoms with E-state index in [2.05, 4.69) is 10.6 Å². The van der Waals surface area contributed by atoms with Crippen molar-refractivity contribution in [2.45, 2.75) is 19.9 Å². The summed E-state index contributed by atoms with van der Waals surface area (Å²) >= 11 is 0. The Balaban J connectivity index is 2.67. The molecule has 1 aromatic carbocycles. The molecular weight excluding hydrogens is 272 g/mol. The van der Waals surface area contributed by atoms with Crippen molar-refractivity contribution in [3.63, 3.8) is 0 Å². The normalized spacial score (nSPS) is 11.9. The highest BCUT2D eigenvalue weighted by Gasteiger charge is 2.09. The van der Waals surface area contributed by atoms with Crippen molar-refractivity contribution in [3.05, 3.63) is 41.5 Å². The van der Waals surface area contributed by atoms with Crippen molar-refractivity contribution in [1.29, 1.82) is 0 Å². The summed E-state index contributed by atoms with van der Waals surface area (Å²) in [7, 11) is 0. The van der Waals surface area contributed by atoms with Crippen LogP contribution in [-0.4, -0.2) is 29.4 Å². The summed E-state index contributed by atoms with van der Waals surface area (Å²) in [5, 5.41) is 13.8. The quantitative estimate of drug-likeness (QED) is 0.684. The highest BCUT2D eigenvalue weighted by molar-refractivity contribution is 5.85. The van der Waals surface area contributed by atoms with Crippen LogP contribution in [0.25, 0.3) is 6.08 Å². The zero-order valence-corrected chi connectivity index (χ0v) is 11.9. The molecule has 6 nitrogen and oxygen atoms in total. The van der Waals surface area contributed by atoms with Crippen molar-refractivity contribution in [2.75, 3.05) is 6.54 Å². The molecule has 0 aliphatic rings. The predicted molar refractivity (Wildman–Crippen MR) is 78.4 cm³/mol. The number of hydrogen-bond donors (Lipinski definition) is 3. The van der Waals surface area contributed by atoms with Crippen molar-refractivity contribution < 1.29 is 19.5 Å². The van der Waals surface area contributed by atoms with E-state index in [1.165, 1.54) is 13.0 Å². The summed E-state index contributed by atoms with van der Waals surface area (Å²) < 4.78 is 0. The van der Waals surface area contributed by atoms with Gasteiger partial charge in [0.25, 0.3) is 0 Å². The lowest BCUT2D eigenvalue weighted by Gasteiger charge is -2.15. The molecule has 0 saturated heterocycles. The Morgan fingerprint density at radius 3 is 2.67 bits per heavy atom. The summed E-state index contributed by atoms with van der Waals surface area (Å²) in [6, 6.07) is 6.94. The minimum atomic E-state index is -1.02. The molecule has 0 aliphatic carbocycles. The number of carboxylic acids is 1. The Morgan fingerprint density at radius 2 is 2.05 bits per heavy atom. The van der Waals surface area contributed by atoms with Gasteiger partial charge >= 0.3 is 5.97 Å². The van der Waals surface area contributed by atoms with Gasteiger partial charge in [0.2, 0.25) is 11.8 Å². The van der Waals surface area contributed by atoms with Crippen LogP contribution in [0.1, 0.15) is 31.0 Å². The average molecular weight is 290 g/mol. The molecule has 0 radical (unpaired) electrons. The first-order chi connectivity index (χ1) is 9.88. The Morgan fingerprint density at radius 1 is 1.33 bits per heavy atom. The van der Waals surface area contributed by atoms with E-state index in [1.54, 1.807) is 18.2 Å². The third-order valence-corrected chi connectivity index (χ3v) is 2.70. The van der Waals surface area contributed by atoms with Crippen LogP contribution in [0.2, 0.25) is 0 Å². The lowest BCUT2D eigenvalue weighted by Crippen LogP contribution is -2.37. The average Bonchev–Trinajstić information content (AvgIpc) is 2.43. The van der Waals surface area contributed by atoms with Crippen molar-refractivity contribution in [2.24, 2.45) is 0 Å². The molecule has 1 unspecified atom stereocenters. The summed E-state index contributed by atoms with van der Waals surface area (Å²) in [5.74, 6) is -1.57. The first-order valence-electron chi connectivity index (χ1n) is 6.43. The molecule has 0 bridgehead atoms. The molecule has 0 saturated carbocycles. The van der Waals surface area contributed by atoms with Crippen molar-refractivity contribution in [1.82, 2.24) is 10.6 Å². The minimum Gasteiger partial charge on any atom is -0.478 e. The van der Waals surface area contributed by atoms with Crippen molar-refractivity contribution in [3.8, 4) is 0 Å². The van der Waals surface area contributed by atoms with E-state index in [4.69, 9.17) is 5.11 Å². The van der Waals surface area contributed by atoms with Gasteiger partial charge in [-0.25, -0.2) is 4.79 Å². The molecule has 112 valence electrons. The highest BCUT2D eigenvalue weighted by atomic mass is 16.4. The molecule has 21 heavy (non-hydrogen) atoms. The number of amides is 2. The summed E-state index contributed by atoms with van der Waals surface area (Å²) in [6.45, 7) is 3.08. The molecule has 1 aromatic rings. The van der Waals surface area contributed by atoms with Gasteiger partial charge in [0, 0.05) is 13.0 Å². The van der Waals surface area contributed by atoms with Crippen LogP contribution in [0.15, 0.2) is 30.3 Å². The predicted octanol–water partition coefficient (Wildman–Crippen LogP) is 1.10. The van der Waals surface area contributed by atoms with Gasteiger partial charge in [-0.15, -0.1) is 0 Å². The van der Waals surface area contributed by atoms with Gasteiger partial charge < -0.3 is 15.7 Å². The number of aliphatic carboxylic acids is 1. The van der Waals surface area contributed by atoms with Gasteiger partial charge in [-0.1, -0.05) is 18.2 Å². The number of hydrogen-bond acceptors (Lipinski definition) is 3. The van der Waals surface area contributed by atoms with Gasteiger partial charge in [0.05, 0.1) is 12.6 Å². The van der Waals surface area contributed by atoms with Gasteiger partial charge in [0.15, 0.2) is 0 Å². The third-order valence-electron chi connectivity index (χ3n) is 2.70. The minimum absolute atomic E-state index is 0.0711. The molecule has 3 N–H and O–H groups in total. The fourth-order valence-corrected chi connectivity index (χ4v) is 1.68. The topological polar surface area (TPSA) is 95.5 Å². The van der Waals surface area contributed by atoms with E-state index in [0.29, 0.717) is 0 Å². The Labute approximate surface area is 122 Å². The lowest BCUT2D eigenvalue weighted by molar-refractivity contribution is -0.131. The molecule has 0 fully saturated rings. The number of carboxylic acid groups (broad SMARTS) is 1. The van der Waals surface area contributed by atoms with E-state index >= 15 is 0 Å². The first-order valence-corrected chi connectivity index (χ1v) is 6.43. The van der Waals surface area contributed by atoms with Crippen LogP contribution in [0.5, 0.6) is 0 Å². The smallest absolute Gasteiger partial charge is 0.328 e. The highest BCUT2D eigenvalue weighted by Crippen LogP contribution is 2.15. The van der Waals surface area contributed by atoms with Crippen LogP contribution < -0.4 is 10.6 Å². The van der Waals surface area contributed by atoms with Crippen LogP contribution in [-0.2, 0) is 14.4 Å². The fourth-order valence-electron chi connectivity index (χ4n) is 1.68. The second kappa shape index (κ2) is 7.84. The largest absolute Gasteiger partial charge is 0.478 e. The molecular formula is C15H18N2O4. The zero-order valence-electron chi connectivity index (χ0n) is 11.9. The van der Waals surface area contributed by atoms with Gasteiger partial charge in [-0.3, -0.25) is 9.59 Å². The number of nitrogens with one attached hydrogen (secondary N) is 2. The second-order valence-electron chi connectivity index (χ2n) is 4.54. The SMILES string of the molecule is CC(=O)NCC(=O)NC(C)c1cccc(C=CC(=O)O)c1. The van der Waals surface area contributed by atoms with Gasteiger partial charge in [-0.2, -0.15) is 0 Å². The number of carbonyl (C=O) groups is 3. The third kappa shape index (κ3) is 6.38. The van der Waals surface area contributed by atoms with E-state index < -0.39 is 5.97 Å². The van der Waals surface area contributed by atoms with E-state index in [-0.39, 0.29) is 24.4 Å². The molecule has 1 atom stereocenters. The molecule has 2 amide bonds. The van der Waals surface area contributed by atoms with Crippen LogP contribution in [0.4, 0.5) is 0 Å². The Bertz CT molecular complexity index is 567. The molecule has 0 aromatic heterocycles. The van der Waals surface area contributed by atoms with Crippen LogP contribution >= 0.6 is 0 Å². The summed E-state index contributed by atoms with van der Waals surface area (Å²) in [4.78, 5) is 32.8. The van der Waals surface area contributed by atoms with Crippen molar-refractivity contribution >= 4 is 23.9 Å². The molecule has 0 heterocycles. The van der Waals surface area contributed by atoms with Crippen LogP contribution in [0, 0.1) is 0 Å². The number of benzene rings is 1. The summed E-state index contributed by atoms with van der Waals surface area (Å²) in [5.41, 5.74) is 1.58. The fraction of sp³-hybridized carbons (Fsp3) is 0.267. The monoisotopic (exact) mass is 290 g/mol. The first kappa shape index (κ1) is 16.4. The second-order valence-corrected chi connectivity index (χ2v) is 4.54. The van der Waals surface area contributed by atoms with E-state index in [1.807, 2.05) is 13.0 Å². The van der Waals surface area contributed by atoms with Gasteiger partial charge in [0.1, 0.15) is 0 Å². The molecule has 6 heteroatoms. The van der Waals surface area contributed by atoms with Crippen LogP contribution in [0.3, 0.4) is 0 Å². The lowest BCUT2D eigenvalue weighted by atomic mass is 10.0. The summed E-state index contributed by atoms with van der Waals surface area (Å²) in [6.07, 6.45) is 2.54. The van der Waals surface area contributed by atoms with Gasteiger partial charge in [-0.05, 0) is 30.2 Å². The maximum atomic E-state index is 11.6. The standard InChI is InChI=1S/C15H18N2O4/c1-10(17-14(19)9-16-11(2)18)13-5-3-4-12(8-13)6-7-15(20)21/h3-8,10H,9H2,1-2H3,(H,16,18)(H,17,19)(H,20,21). The number of rotatable bonds is 6.